The number of nitrogen functional groups attached to an aromatic ring is 1. The van der Waals surface area contributed by atoms with E-state index in [0.717, 1.165) is 11.3 Å². The van der Waals surface area contributed by atoms with Crippen molar-refractivity contribution in [3.8, 4) is 0 Å². The lowest BCUT2D eigenvalue weighted by atomic mass is 10.5. The predicted molar refractivity (Wildman–Crippen MR) is 53.2 cm³/mol. The van der Waals surface area contributed by atoms with E-state index < -0.39 is 0 Å². The first kappa shape index (κ1) is 8.70. The van der Waals surface area contributed by atoms with E-state index in [1.807, 2.05) is 19.0 Å². The standard InChI is InChI=1S/C7H11N7/c1-13(2)6-5-7(10-3-9-6)14(12-8)4-11-5/h3-4,12H,8H2,1-2H3. The van der Waals surface area contributed by atoms with Crippen molar-refractivity contribution in [2.75, 3.05) is 24.5 Å². The van der Waals surface area contributed by atoms with Crippen LogP contribution in [-0.2, 0) is 0 Å². The van der Waals surface area contributed by atoms with Gasteiger partial charge in [0.25, 0.3) is 0 Å². The number of anilines is 1. The summed E-state index contributed by atoms with van der Waals surface area (Å²) < 4.78 is 1.53. The van der Waals surface area contributed by atoms with E-state index in [2.05, 4.69) is 20.5 Å². The maximum Gasteiger partial charge on any atom is 0.185 e. The van der Waals surface area contributed by atoms with Gasteiger partial charge in [-0.2, -0.15) is 0 Å². The van der Waals surface area contributed by atoms with Crippen LogP contribution in [0.5, 0.6) is 0 Å². The van der Waals surface area contributed by atoms with E-state index in [-0.39, 0.29) is 0 Å². The van der Waals surface area contributed by atoms with Crippen molar-refractivity contribution in [2.24, 2.45) is 5.84 Å². The van der Waals surface area contributed by atoms with Gasteiger partial charge in [0, 0.05) is 14.1 Å². The van der Waals surface area contributed by atoms with Crippen molar-refractivity contribution in [3.63, 3.8) is 0 Å². The summed E-state index contributed by atoms with van der Waals surface area (Å²) in [6.07, 6.45) is 3.04. The maximum atomic E-state index is 5.29. The van der Waals surface area contributed by atoms with Crippen LogP contribution in [0.2, 0.25) is 0 Å². The number of hydrazine groups is 1. The van der Waals surface area contributed by atoms with Crippen LogP contribution in [0.15, 0.2) is 12.7 Å². The number of nitrogens with one attached hydrogen (secondary N) is 1. The minimum Gasteiger partial charge on any atom is -0.361 e. The van der Waals surface area contributed by atoms with Crippen LogP contribution in [0.1, 0.15) is 0 Å². The first-order valence-electron chi connectivity index (χ1n) is 4.06. The molecule has 0 saturated heterocycles. The monoisotopic (exact) mass is 193 g/mol. The molecule has 0 aliphatic carbocycles. The molecule has 0 saturated carbocycles. The fraction of sp³-hybridized carbons (Fsp3) is 0.286. The molecule has 2 rings (SSSR count). The molecule has 74 valence electrons. The fourth-order valence-corrected chi connectivity index (χ4v) is 1.24. The van der Waals surface area contributed by atoms with Gasteiger partial charge in [-0.3, -0.25) is 5.53 Å². The molecule has 7 heteroatoms. The third kappa shape index (κ3) is 1.14. The molecule has 0 amide bonds. The highest BCUT2D eigenvalue weighted by Crippen LogP contribution is 2.17. The number of rotatable bonds is 2. The second-order valence-electron chi connectivity index (χ2n) is 3.01. The molecular formula is C7H11N7. The number of imidazole rings is 1. The van der Waals surface area contributed by atoms with Gasteiger partial charge in [-0.05, 0) is 0 Å². The molecule has 0 spiro atoms. The van der Waals surface area contributed by atoms with E-state index in [9.17, 15) is 0 Å². The molecule has 2 aromatic rings. The molecule has 0 aromatic carbocycles. The number of nitrogens with two attached hydrogens (primary N) is 1. The van der Waals surface area contributed by atoms with Gasteiger partial charge in [0.2, 0.25) is 0 Å². The summed E-state index contributed by atoms with van der Waals surface area (Å²) in [5.74, 6) is 6.05. The number of aromatic nitrogens is 4. The molecule has 0 bridgehead atoms. The Hall–Kier alpha value is -1.89. The Bertz CT molecular complexity index is 446. The zero-order chi connectivity index (χ0) is 10.1. The van der Waals surface area contributed by atoms with Crippen LogP contribution < -0.4 is 16.3 Å². The Morgan fingerprint density at radius 3 is 2.79 bits per heavy atom. The number of hydrogen-bond acceptors (Lipinski definition) is 6. The van der Waals surface area contributed by atoms with Crippen LogP contribution in [0.25, 0.3) is 11.2 Å². The van der Waals surface area contributed by atoms with Gasteiger partial charge in [-0.15, -0.1) is 0 Å². The molecule has 2 aromatic heterocycles. The second-order valence-corrected chi connectivity index (χ2v) is 3.01. The quantitative estimate of drug-likeness (QED) is 0.485. The predicted octanol–water partition coefficient (Wildman–Crippen LogP) is -0.690. The number of nitrogens with zero attached hydrogens (tertiary/aromatic N) is 5. The van der Waals surface area contributed by atoms with Gasteiger partial charge in [-0.1, -0.05) is 0 Å². The smallest absolute Gasteiger partial charge is 0.185 e. The average molecular weight is 193 g/mol. The van der Waals surface area contributed by atoms with Gasteiger partial charge in [0.1, 0.15) is 12.7 Å². The van der Waals surface area contributed by atoms with Crippen molar-refractivity contribution in [3.05, 3.63) is 12.7 Å². The Kier molecular flexibility index (Phi) is 1.93. The Morgan fingerprint density at radius 2 is 2.14 bits per heavy atom. The second kappa shape index (κ2) is 3.11. The lowest BCUT2D eigenvalue weighted by Gasteiger charge is -2.10. The van der Waals surface area contributed by atoms with E-state index in [0.29, 0.717) is 5.65 Å². The van der Waals surface area contributed by atoms with E-state index in [1.165, 1.54) is 11.0 Å². The lowest BCUT2D eigenvalue weighted by molar-refractivity contribution is 0.892. The van der Waals surface area contributed by atoms with Crippen LogP contribution in [0, 0.1) is 0 Å². The van der Waals surface area contributed by atoms with Gasteiger partial charge >= 0.3 is 0 Å². The minimum atomic E-state index is 0.659. The molecule has 14 heavy (non-hydrogen) atoms. The average Bonchev–Trinajstić information content (AvgIpc) is 2.59. The highest BCUT2D eigenvalue weighted by atomic mass is 15.6. The van der Waals surface area contributed by atoms with Gasteiger partial charge < -0.3 is 4.90 Å². The summed E-state index contributed by atoms with van der Waals surface area (Å²) in [7, 11) is 3.80. The summed E-state index contributed by atoms with van der Waals surface area (Å²) in [6.45, 7) is 0. The van der Waals surface area contributed by atoms with Crippen molar-refractivity contribution in [1.82, 2.24) is 19.6 Å². The topological polar surface area (TPSA) is 84.9 Å². The SMILES string of the molecule is CN(C)c1ncnc2c1ncn2NN. The van der Waals surface area contributed by atoms with E-state index >= 15 is 0 Å². The first-order chi connectivity index (χ1) is 6.74. The summed E-state index contributed by atoms with van der Waals surface area (Å²) in [4.78, 5) is 14.2. The molecule has 0 aliphatic rings. The largest absolute Gasteiger partial charge is 0.361 e. The van der Waals surface area contributed by atoms with Crippen molar-refractivity contribution in [2.45, 2.75) is 0 Å². The van der Waals surface area contributed by atoms with Gasteiger partial charge in [0.15, 0.2) is 17.0 Å². The summed E-state index contributed by atoms with van der Waals surface area (Å²) in [5.41, 5.74) is 3.84. The summed E-state index contributed by atoms with van der Waals surface area (Å²) in [6, 6.07) is 0. The maximum absolute atomic E-state index is 5.29. The molecule has 7 nitrogen and oxygen atoms in total. The zero-order valence-corrected chi connectivity index (χ0v) is 7.97. The van der Waals surface area contributed by atoms with Gasteiger partial charge in [0.05, 0.1) is 0 Å². The molecule has 0 unspecified atom stereocenters. The zero-order valence-electron chi connectivity index (χ0n) is 7.97. The molecule has 0 aliphatic heterocycles. The van der Waals surface area contributed by atoms with Crippen LogP contribution in [-0.4, -0.2) is 33.7 Å². The number of fused-ring (bicyclic) bond motifs is 1. The lowest BCUT2D eigenvalue weighted by Crippen LogP contribution is -2.20. The van der Waals surface area contributed by atoms with Crippen molar-refractivity contribution < 1.29 is 0 Å². The van der Waals surface area contributed by atoms with Crippen LogP contribution in [0.3, 0.4) is 0 Å². The summed E-state index contributed by atoms with van der Waals surface area (Å²) >= 11 is 0. The van der Waals surface area contributed by atoms with Crippen LogP contribution >= 0.6 is 0 Å². The highest BCUT2D eigenvalue weighted by Gasteiger charge is 2.10. The van der Waals surface area contributed by atoms with E-state index in [4.69, 9.17) is 5.84 Å². The Balaban J connectivity index is 2.70. The number of hydrogen-bond donors (Lipinski definition) is 2. The molecule has 2 heterocycles. The fourth-order valence-electron chi connectivity index (χ4n) is 1.24. The summed E-state index contributed by atoms with van der Waals surface area (Å²) in [5, 5.41) is 0. The van der Waals surface area contributed by atoms with Crippen molar-refractivity contribution in [1.29, 1.82) is 0 Å². The molecule has 0 radical (unpaired) electrons. The van der Waals surface area contributed by atoms with E-state index in [1.54, 1.807) is 6.33 Å². The minimum absolute atomic E-state index is 0.659. The Labute approximate surface area is 80.5 Å². The van der Waals surface area contributed by atoms with Crippen molar-refractivity contribution >= 4 is 17.0 Å². The molecule has 0 fully saturated rings. The normalized spacial score (nSPS) is 10.5. The first-order valence-corrected chi connectivity index (χ1v) is 4.06. The molecular weight excluding hydrogens is 182 g/mol. The third-order valence-corrected chi connectivity index (χ3v) is 1.88. The third-order valence-electron chi connectivity index (χ3n) is 1.88. The molecule has 0 atom stereocenters. The van der Waals surface area contributed by atoms with Gasteiger partial charge in [-0.25, -0.2) is 25.5 Å². The highest BCUT2D eigenvalue weighted by molar-refractivity contribution is 5.83. The van der Waals surface area contributed by atoms with Crippen LogP contribution in [0.4, 0.5) is 5.82 Å². The Morgan fingerprint density at radius 1 is 1.36 bits per heavy atom. The molecule has 3 N–H and O–H groups in total.